The summed E-state index contributed by atoms with van der Waals surface area (Å²) in [5.74, 6) is 0. The van der Waals surface area contributed by atoms with Crippen molar-refractivity contribution in [2.75, 3.05) is 13.2 Å². The molecule has 6 heteroatoms. The molecule has 2 bridgehead atoms. The van der Waals surface area contributed by atoms with Crippen LogP contribution in [-0.2, 0) is 23.9 Å². The van der Waals surface area contributed by atoms with Crippen molar-refractivity contribution in [2.24, 2.45) is 0 Å². The predicted octanol–water partition coefficient (Wildman–Crippen LogP) is 5.63. The first-order valence-corrected chi connectivity index (χ1v) is 13.1. The Balaban J connectivity index is 1.39. The van der Waals surface area contributed by atoms with Crippen molar-refractivity contribution in [3.05, 3.63) is 132 Å². The molecule has 1 fully saturated rings. The van der Waals surface area contributed by atoms with E-state index in [4.69, 9.17) is 18.3 Å². The van der Waals surface area contributed by atoms with Crippen molar-refractivity contribution in [2.45, 2.75) is 30.3 Å². The molecule has 3 aromatic rings. The van der Waals surface area contributed by atoms with Crippen molar-refractivity contribution >= 4 is 8.60 Å². The molecule has 2 heterocycles. The SMILES string of the molecule is OC(/C=C/C1C[C@@H]2C=CCO[PH+](O1)O2)COC(c1ccccc1)(c1ccccc1)c1ccccc1. The number of fused-ring (bicyclic) bond motifs is 2. The third-order valence-corrected chi connectivity index (χ3v) is 7.56. The fraction of sp³-hybridized carbons (Fsp3) is 0.241. The normalized spacial score (nSPS) is 23.2. The molecule has 2 aliphatic heterocycles. The molecule has 3 unspecified atom stereocenters. The van der Waals surface area contributed by atoms with Crippen molar-refractivity contribution in [1.29, 1.82) is 0 Å². The molecule has 0 aromatic heterocycles. The minimum Gasteiger partial charge on any atom is -0.387 e. The highest BCUT2D eigenvalue weighted by atomic mass is 31.2. The van der Waals surface area contributed by atoms with Crippen LogP contribution in [0.5, 0.6) is 0 Å². The fourth-order valence-electron chi connectivity index (χ4n) is 4.51. The molecule has 5 nitrogen and oxygen atoms in total. The second kappa shape index (κ2) is 11.4. The number of ether oxygens (including phenoxy) is 1. The van der Waals surface area contributed by atoms with E-state index in [2.05, 4.69) is 36.4 Å². The highest BCUT2D eigenvalue weighted by Crippen LogP contribution is 2.49. The third kappa shape index (κ3) is 5.62. The Bertz CT molecular complexity index is 1020. The molecular weight excluding hydrogens is 459 g/mol. The number of hydrogen-bond donors (Lipinski definition) is 1. The smallest absolute Gasteiger partial charge is 0.387 e. The molecule has 1 N–H and O–H groups in total. The minimum absolute atomic E-state index is 0.00919. The molecule has 0 spiro atoms. The van der Waals surface area contributed by atoms with Crippen LogP contribution in [0.1, 0.15) is 23.1 Å². The number of rotatable bonds is 8. The van der Waals surface area contributed by atoms with Gasteiger partial charge in [-0.15, -0.1) is 0 Å². The molecule has 5 rings (SSSR count). The van der Waals surface area contributed by atoms with Crippen molar-refractivity contribution < 1.29 is 23.4 Å². The Morgan fingerprint density at radius 3 is 2.03 bits per heavy atom. The van der Waals surface area contributed by atoms with Crippen LogP contribution in [0.2, 0.25) is 0 Å². The van der Waals surface area contributed by atoms with Gasteiger partial charge < -0.3 is 9.84 Å². The first-order valence-electron chi connectivity index (χ1n) is 11.9. The maximum absolute atomic E-state index is 10.9. The van der Waals surface area contributed by atoms with E-state index < -0.39 is 20.3 Å². The second-order valence-corrected chi connectivity index (χ2v) is 9.84. The predicted molar refractivity (Wildman–Crippen MR) is 138 cm³/mol. The summed E-state index contributed by atoms with van der Waals surface area (Å²) in [6.07, 6.45) is 7.34. The van der Waals surface area contributed by atoms with Gasteiger partial charge in [-0.3, -0.25) is 0 Å². The Labute approximate surface area is 207 Å². The van der Waals surface area contributed by atoms with Gasteiger partial charge in [0.2, 0.25) is 0 Å². The van der Waals surface area contributed by atoms with E-state index in [1.807, 2.05) is 72.8 Å². The van der Waals surface area contributed by atoms with Gasteiger partial charge >= 0.3 is 8.60 Å². The molecule has 35 heavy (non-hydrogen) atoms. The molecule has 0 saturated carbocycles. The van der Waals surface area contributed by atoms with Crippen LogP contribution in [0, 0.1) is 0 Å². The zero-order valence-corrected chi connectivity index (χ0v) is 20.4. The van der Waals surface area contributed by atoms with Gasteiger partial charge in [0.15, 0.2) is 0 Å². The zero-order valence-electron chi connectivity index (χ0n) is 19.4. The lowest BCUT2D eigenvalue weighted by Crippen LogP contribution is -2.35. The first kappa shape index (κ1) is 24.1. The van der Waals surface area contributed by atoms with E-state index in [1.54, 1.807) is 6.08 Å². The molecule has 0 aliphatic carbocycles. The lowest BCUT2D eigenvalue weighted by Gasteiger charge is -2.36. The lowest BCUT2D eigenvalue weighted by atomic mass is 9.80. The fourth-order valence-corrected chi connectivity index (χ4v) is 5.78. The van der Waals surface area contributed by atoms with Gasteiger partial charge in [-0.2, -0.15) is 13.6 Å². The number of aliphatic hydroxyl groups is 1. The van der Waals surface area contributed by atoms with E-state index in [1.165, 1.54) is 0 Å². The molecule has 0 amide bonds. The van der Waals surface area contributed by atoms with Crippen LogP contribution in [0.3, 0.4) is 0 Å². The van der Waals surface area contributed by atoms with Gasteiger partial charge in [-0.1, -0.05) is 115 Å². The largest absolute Gasteiger partial charge is 0.399 e. The summed E-state index contributed by atoms with van der Waals surface area (Å²) in [5.41, 5.74) is 2.13. The highest BCUT2D eigenvalue weighted by molar-refractivity contribution is 7.41. The molecule has 1 saturated heterocycles. The summed E-state index contributed by atoms with van der Waals surface area (Å²) in [4.78, 5) is 0. The van der Waals surface area contributed by atoms with E-state index >= 15 is 0 Å². The third-order valence-electron chi connectivity index (χ3n) is 6.17. The summed E-state index contributed by atoms with van der Waals surface area (Å²) < 4.78 is 24.0. The zero-order chi connectivity index (χ0) is 23.9. The topological polar surface area (TPSA) is 57.2 Å². The van der Waals surface area contributed by atoms with E-state index in [-0.39, 0.29) is 18.8 Å². The number of aliphatic hydroxyl groups excluding tert-OH is 1. The van der Waals surface area contributed by atoms with Gasteiger partial charge in [-0.05, 0) is 16.7 Å². The lowest BCUT2D eigenvalue weighted by molar-refractivity contribution is -0.0252. The average Bonchev–Trinajstić information content (AvgIpc) is 3.09. The van der Waals surface area contributed by atoms with Gasteiger partial charge in [0.1, 0.15) is 24.4 Å². The quantitative estimate of drug-likeness (QED) is 0.252. The van der Waals surface area contributed by atoms with E-state index in [9.17, 15) is 5.11 Å². The number of hydrogen-bond acceptors (Lipinski definition) is 5. The van der Waals surface area contributed by atoms with Crippen LogP contribution in [-0.4, -0.2) is 36.6 Å². The van der Waals surface area contributed by atoms with E-state index in [0.29, 0.717) is 13.0 Å². The van der Waals surface area contributed by atoms with Crippen molar-refractivity contribution in [1.82, 2.24) is 0 Å². The second-order valence-electron chi connectivity index (χ2n) is 8.58. The summed E-state index contributed by atoms with van der Waals surface area (Å²) in [5, 5.41) is 10.9. The average molecular weight is 490 g/mol. The molecule has 3 aromatic carbocycles. The van der Waals surface area contributed by atoms with Crippen molar-refractivity contribution in [3.63, 3.8) is 0 Å². The van der Waals surface area contributed by atoms with Crippen LogP contribution in [0.15, 0.2) is 115 Å². The van der Waals surface area contributed by atoms with Crippen LogP contribution in [0.25, 0.3) is 0 Å². The minimum atomic E-state index is -1.75. The Hall–Kier alpha value is -2.63. The maximum Gasteiger partial charge on any atom is 0.399 e. The monoisotopic (exact) mass is 489 g/mol. The van der Waals surface area contributed by atoms with Crippen molar-refractivity contribution in [3.8, 4) is 0 Å². The van der Waals surface area contributed by atoms with Crippen LogP contribution < -0.4 is 0 Å². The molecule has 4 atom stereocenters. The Kier molecular flexibility index (Phi) is 7.85. The maximum atomic E-state index is 10.9. The Morgan fingerprint density at radius 1 is 0.886 bits per heavy atom. The molecular formula is C29H30O5P+. The summed E-state index contributed by atoms with van der Waals surface area (Å²) in [7, 11) is -1.75. The molecule has 180 valence electrons. The van der Waals surface area contributed by atoms with Gasteiger partial charge in [-0.25, -0.2) is 0 Å². The Morgan fingerprint density at radius 2 is 1.46 bits per heavy atom. The van der Waals surface area contributed by atoms with Crippen LogP contribution in [0.4, 0.5) is 0 Å². The first-order chi connectivity index (χ1) is 17.2. The molecule has 2 aliphatic rings. The summed E-state index contributed by atoms with van der Waals surface area (Å²) in [6.45, 7) is 0.619. The standard InChI is InChI=1S/C29H30O5P/c30-26(18-19-28-21-27-17-10-20-32-35(33-27)34-28)22-31-29(23-11-4-1-5-12-23,24-13-6-2-7-14-24)25-15-8-3-9-16-25/h1-19,26-28,30,35H,20-22H2/q+1/b19-18+/t26?,27-,28?/m0/s1. The van der Waals surface area contributed by atoms with Gasteiger partial charge in [0, 0.05) is 6.42 Å². The summed E-state index contributed by atoms with van der Waals surface area (Å²) >= 11 is 0. The van der Waals surface area contributed by atoms with Gasteiger partial charge in [0.05, 0.1) is 12.7 Å². The summed E-state index contributed by atoms with van der Waals surface area (Å²) in [6, 6.07) is 30.4. The van der Waals surface area contributed by atoms with Crippen LogP contribution >= 0.6 is 8.60 Å². The van der Waals surface area contributed by atoms with Gasteiger partial charge in [0.25, 0.3) is 0 Å². The highest BCUT2D eigenvalue weighted by Gasteiger charge is 2.39. The number of benzene rings is 3. The molecule has 0 radical (unpaired) electrons. The van der Waals surface area contributed by atoms with E-state index in [0.717, 1.165) is 16.7 Å².